The Kier molecular flexibility index (Phi) is 6.16. The van der Waals surface area contributed by atoms with Crippen molar-refractivity contribution in [3.8, 4) is 22.7 Å². The zero-order valence-electron chi connectivity index (χ0n) is 17.5. The molecule has 1 atom stereocenters. The molecule has 1 aliphatic rings. The largest absolute Gasteiger partial charge is 0.494 e. The molecule has 0 radical (unpaired) electrons. The van der Waals surface area contributed by atoms with Gasteiger partial charge in [-0.25, -0.2) is 9.07 Å². The van der Waals surface area contributed by atoms with Crippen LogP contribution in [0.5, 0.6) is 5.75 Å². The van der Waals surface area contributed by atoms with Crippen molar-refractivity contribution in [2.75, 3.05) is 26.8 Å². The maximum absolute atomic E-state index is 14.4. The summed E-state index contributed by atoms with van der Waals surface area (Å²) in [6.45, 7) is 4.84. The Hall–Kier alpha value is -2.70. The SMILES string of the molecule is COc1ccc(-c2nn(-c3ccccc3C)cc2CN2CCCC(CO)C2)cc1F. The zero-order chi connectivity index (χ0) is 21.1. The van der Waals surface area contributed by atoms with Gasteiger partial charge in [0.2, 0.25) is 0 Å². The molecule has 0 saturated carbocycles. The quantitative estimate of drug-likeness (QED) is 0.663. The lowest BCUT2D eigenvalue weighted by Gasteiger charge is -2.31. The number of rotatable bonds is 6. The van der Waals surface area contributed by atoms with E-state index >= 15 is 0 Å². The van der Waals surface area contributed by atoms with Crippen molar-refractivity contribution < 1.29 is 14.2 Å². The maximum atomic E-state index is 14.4. The van der Waals surface area contributed by atoms with E-state index in [0.717, 1.165) is 54.0 Å². The van der Waals surface area contributed by atoms with E-state index in [-0.39, 0.29) is 12.4 Å². The Morgan fingerprint density at radius 3 is 2.80 bits per heavy atom. The van der Waals surface area contributed by atoms with Crippen LogP contribution in [-0.4, -0.2) is 46.6 Å². The molecule has 0 bridgehead atoms. The first-order chi connectivity index (χ1) is 14.6. The summed E-state index contributed by atoms with van der Waals surface area (Å²) in [7, 11) is 1.46. The average Bonchev–Trinajstić information content (AvgIpc) is 3.17. The van der Waals surface area contributed by atoms with Gasteiger partial charge >= 0.3 is 0 Å². The molecule has 158 valence electrons. The molecular formula is C24H28FN3O2. The van der Waals surface area contributed by atoms with Gasteiger partial charge in [0.1, 0.15) is 0 Å². The van der Waals surface area contributed by atoms with E-state index in [9.17, 15) is 9.50 Å². The third-order valence-corrected chi connectivity index (χ3v) is 5.83. The number of hydrogen-bond acceptors (Lipinski definition) is 4. The molecule has 3 aromatic rings. The third-order valence-electron chi connectivity index (χ3n) is 5.83. The molecule has 1 aliphatic heterocycles. The summed E-state index contributed by atoms with van der Waals surface area (Å²) in [5.41, 5.74) is 4.67. The molecule has 1 aromatic heterocycles. The van der Waals surface area contributed by atoms with Crippen molar-refractivity contribution in [1.82, 2.24) is 14.7 Å². The van der Waals surface area contributed by atoms with Gasteiger partial charge in [0.15, 0.2) is 11.6 Å². The van der Waals surface area contributed by atoms with Gasteiger partial charge in [-0.05, 0) is 62.1 Å². The van der Waals surface area contributed by atoms with Gasteiger partial charge in [-0.3, -0.25) is 4.90 Å². The lowest BCUT2D eigenvalue weighted by atomic mass is 9.98. The van der Waals surface area contributed by atoms with Gasteiger partial charge < -0.3 is 9.84 Å². The van der Waals surface area contributed by atoms with Gasteiger partial charge in [0, 0.05) is 37.0 Å². The minimum atomic E-state index is -0.398. The molecule has 4 rings (SSSR count). The number of benzene rings is 2. The molecule has 0 aliphatic carbocycles. The number of hydrogen-bond donors (Lipinski definition) is 1. The summed E-state index contributed by atoms with van der Waals surface area (Å²) in [5.74, 6) is 0.136. The first-order valence-electron chi connectivity index (χ1n) is 10.4. The fraction of sp³-hybridized carbons (Fsp3) is 0.375. The number of aliphatic hydroxyl groups is 1. The van der Waals surface area contributed by atoms with Crippen LogP contribution in [0, 0.1) is 18.7 Å². The van der Waals surface area contributed by atoms with Crippen LogP contribution in [0.4, 0.5) is 4.39 Å². The van der Waals surface area contributed by atoms with E-state index in [1.165, 1.54) is 13.2 Å². The summed E-state index contributed by atoms with van der Waals surface area (Å²) in [6.07, 6.45) is 4.18. The maximum Gasteiger partial charge on any atom is 0.165 e. The second-order valence-electron chi connectivity index (χ2n) is 8.01. The molecule has 1 fully saturated rings. The van der Waals surface area contributed by atoms with Crippen LogP contribution in [-0.2, 0) is 6.54 Å². The number of aryl methyl sites for hydroxylation is 1. The van der Waals surface area contributed by atoms with Gasteiger partial charge in [-0.2, -0.15) is 5.10 Å². The second-order valence-corrected chi connectivity index (χ2v) is 8.01. The van der Waals surface area contributed by atoms with Gasteiger partial charge in [0.25, 0.3) is 0 Å². The molecule has 5 nitrogen and oxygen atoms in total. The lowest BCUT2D eigenvalue weighted by Crippen LogP contribution is -2.36. The topological polar surface area (TPSA) is 50.5 Å². The van der Waals surface area contributed by atoms with Crippen molar-refractivity contribution in [3.63, 3.8) is 0 Å². The summed E-state index contributed by atoms with van der Waals surface area (Å²) in [5, 5.41) is 14.4. The first-order valence-corrected chi connectivity index (χ1v) is 10.4. The highest BCUT2D eigenvalue weighted by Gasteiger charge is 2.22. The normalized spacial score (nSPS) is 17.3. The first kappa shape index (κ1) is 20.6. The number of methoxy groups -OCH3 is 1. The van der Waals surface area contributed by atoms with E-state index in [0.29, 0.717) is 12.5 Å². The number of nitrogens with zero attached hydrogens (tertiary/aromatic N) is 3. The number of halogens is 1. The fourth-order valence-electron chi connectivity index (χ4n) is 4.21. The van der Waals surface area contributed by atoms with Gasteiger partial charge in [0.05, 0.1) is 18.5 Å². The van der Waals surface area contributed by atoms with Crippen LogP contribution in [0.3, 0.4) is 0 Å². The van der Waals surface area contributed by atoms with Gasteiger partial charge in [-0.1, -0.05) is 18.2 Å². The average molecular weight is 410 g/mol. The zero-order valence-corrected chi connectivity index (χ0v) is 17.5. The van der Waals surface area contributed by atoms with Crippen molar-refractivity contribution in [2.24, 2.45) is 5.92 Å². The fourth-order valence-corrected chi connectivity index (χ4v) is 4.21. The number of aromatic nitrogens is 2. The summed E-state index contributed by atoms with van der Waals surface area (Å²) in [6, 6.07) is 13.1. The number of likely N-dealkylation sites (tertiary alicyclic amines) is 1. The van der Waals surface area contributed by atoms with Gasteiger partial charge in [-0.15, -0.1) is 0 Å². The van der Waals surface area contributed by atoms with E-state index in [1.54, 1.807) is 6.07 Å². The third kappa shape index (κ3) is 4.25. The summed E-state index contributed by atoms with van der Waals surface area (Å²) < 4.78 is 21.4. The monoisotopic (exact) mass is 409 g/mol. The number of aliphatic hydroxyl groups excluding tert-OH is 1. The lowest BCUT2D eigenvalue weighted by molar-refractivity contribution is 0.116. The minimum absolute atomic E-state index is 0.218. The second kappa shape index (κ2) is 8.98. The molecular weight excluding hydrogens is 381 g/mol. The van der Waals surface area contributed by atoms with Crippen molar-refractivity contribution in [3.05, 3.63) is 65.6 Å². The van der Waals surface area contributed by atoms with E-state index in [2.05, 4.69) is 17.9 Å². The molecule has 1 unspecified atom stereocenters. The molecule has 0 spiro atoms. The van der Waals surface area contributed by atoms with Crippen LogP contribution in [0.25, 0.3) is 16.9 Å². The Balaban J connectivity index is 1.73. The van der Waals surface area contributed by atoms with Crippen LogP contribution < -0.4 is 4.74 Å². The molecule has 1 saturated heterocycles. The van der Waals surface area contributed by atoms with Crippen molar-refractivity contribution in [2.45, 2.75) is 26.3 Å². The number of para-hydroxylation sites is 1. The highest BCUT2D eigenvalue weighted by molar-refractivity contribution is 5.64. The molecule has 2 aromatic carbocycles. The van der Waals surface area contributed by atoms with E-state index < -0.39 is 5.82 Å². The highest BCUT2D eigenvalue weighted by Crippen LogP contribution is 2.30. The summed E-state index contributed by atoms with van der Waals surface area (Å²) >= 11 is 0. The van der Waals surface area contributed by atoms with Crippen LogP contribution in [0.15, 0.2) is 48.7 Å². The minimum Gasteiger partial charge on any atom is -0.494 e. The molecule has 2 heterocycles. The predicted molar refractivity (Wildman–Crippen MR) is 115 cm³/mol. The highest BCUT2D eigenvalue weighted by atomic mass is 19.1. The Morgan fingerprint density at radius 1 is 1.23 bits per heavy atom. The van der Waals surface area contributed by atoms with E-state index in [4.69, 9.17) is 9.84 Å². The van der Waals surface area contributed by atoms with Crippen LogP contribution in [0.1, 0.15) is 24.0 Å². The molecule has 6 heteroatoms. The van der Waals surface area contributed by atoms with E-state index in [1.807, 2.05) is 35.1 Å². The molecule has 30 heavy (non-hydrogen) atoms. The van der Waals surface area contributed by atoms with Crippen LogP contribution >= 0.6 is 0 Å². The number of piperidine rings is 1. The summed E-state index contributed by atoms with van der Waals surface area (Å²) in [4.78, 5) is 2.35. The Labute approximate surface area is 176 Å². The standard InChI is InChI=1S/C24H28FN3O2/c1-17-6-3-4-8-22(17)28-15-20(14-27-11-5-7-18(13-27)16-29)24(26-28)19-9-10-23(30-2)21(25)12-19/h3-4,6,8-10,12,15,18,29H,5,7,11,13-14,16H2,1-2H3. The Bertz CT molecular complexity index is 1020. The predicted octanol–water partition coefficient (Wildman–Crippen LogP) is 4.20. The smallest absolute Gasteiger partial charge is 0.165 e. The number of ether oxygens (including phenoxy) is 1. The van der Waals surface area contributed by atoms with Crippen molar-refractivity contribution >= 4 is 0 Å². The molecule has 1 N–H and O–H groups in total. The Morgan fingerprint density at radius 2 is 2.07 bits per heavy atom. The van der Waals surface area contributed by atoms with Crippen molar-refractivity contribution in [1.29, 1.82) is 0 Å². The molecule has 0 amide bonds. The van der Waals surface area contributed by atoms with Crippen LogP contribution in [0.2, 0.25) is 0 Å².